The number of halogens is 1. The summed E-state index contributed by atoms with van der Waals surface area (Å²) in [7, 11) is 0. The first kappa shape index (κ1) is 11.6. The van der Waals surface area contributed by atoms with Crippen LogP contribution in [0.5, 0.6) is 0 Å². The Morgan fingerprint density at radius 2 is 2.12 bits per heavy atom. The first-order valence-corrected chi connectivity index (χ1v) is 5.42. The average Bonchev–Trinajstić information content (AvgIpc) is 2.25. The summed E-state index contributed by atoms with van der Waals surface area (Å²) in [6.07, 6.45) is 0. The van der Waals surface area contributed by atoms with Gasteiger partial charge in [-0.2, -0.15) is 0 Å². The van der Waals surface area contributed by atoms with Crippen molar-refractivity contribution in [3.05, 3.63) is 43.5 Å². The maximum atomic E-state index is 11.9. The van der Waals surface area contributed by atoms with Crippen molar-refractivity contribution in [1.29, 1.82) is 0 Å². The van der Waals surface area contributed by atoms with Crippen LogP contribution in [0.1, 0.15) is 0 Å². The minimum atomic E-state index is -1.24. The van der Waals surface area contributed by atoms with Crippen molar-refractivity contribution < 1.29 is 9.90 Å². The number of carboxylic acids is 1. The number of nitrogens with zero attached hydrogens (tertiary/aromatic N) is 1. The molecular formula is C10H7BrN2O4. The van der Waals surface area contributed by atoms with E-state index in [1.807, 2.05) is 0 Å². The van der Waals surface area contributed by atoms with Gasteiger partial charge in [0.15, 0.2) is 0 Å². The SMILES string of the molecule is O=C(O)Cn1c(=O)[nH]c2ccc(Br)cc2c1=O. The Morgan fingerprint density at radius 3 is 2.76 bits per heavy atom. The Bertz CT molecular complexity index is 716. The number of aromatic amines is 1. The minimum Gasteiger partial charge on any atom is -0.480 e. The predicted octanol–water partition coefficient (Wildman–Crippen LogP) is 0.537. The van der Waals surface area contributed by atoms with Crippen LogP contribution in [0.25, 0.3) is 10.9 Å². The summed E-state index contributed by atoms with van der Waals surface area (Å²) >= 11 is 3.20. The molecule has 0 fully saturated rings. The standard InChI is InChI=1S/C10H7BrN2O4/c11-5-1-2-7-6(3-5)9(16)13(4-8(14)15)10(17)12-7/h1-3H,4H2,(H,12,17)(H,14,15). The lowest BCUT2D eigenvalue weighted by Gasteiger charge is -2.03. The molecule has 0 radical (unpaired) electrons. The fourth-order valence-corrected chi connectivity index (χ4v) is 1.86. The average molecular weight is 299 g/mol. The van der Waals surface area contributed by atoms with Gasteiger partial charge in [0, 0.05) is 4.47 Å². The number of hydrogen-bond donors (Lipinski definition) is 2. The largest absolute Gasteiger partial charge is 0.480 e. The number of aliphatic carboxylic acids is 1. The van der Waals surface area contributed by atoms with Crippen LogP contribution in [-0.2, 0) is 11.3 Å². The summed E-state index contributed by atoms with van der Waals surface area (Å²) in [5.74, 6) is -1.24. The molecule has 1 heterocycles. The predicted molar refractivity (Wildman–Crippen MR) is 64.2 cm³/mol. The third kappa shape index (κ3) is 2.14. The number of rotatable bonds is 2. The van der Waals surface area contributed by atoms with E-state index in [0.717, 1.165) is 0 Å². The van der Waals surface area contributed by atoms with Gasteiger partial charge >= 0.3 is 11.7 Å². The van der Waals surface area contributed by atoms with Gasteiger partial charge in [-0.05, 0) is 18.2 Å². The molecule has 2 N–H and O–H groups in total. The number of H-pyrrole nitrogens is 1. The van der Waals surface area contributed by atoms with E-state index < -0.39 is 23.8 Å². The van der Waals surface area contributed by atoms with Crippen molar-refractivity contribution in [3.8, 4) is 0 Å². The molecule has 0 aliphatic carbocycles. The molecule has 2 aromatic rings. The molecule has 0 aliphatic rings. The molecule has 6 nitrogen and oxygen atoms in total. The van der Waals surface area contributed by atoms with Gasteiger partial charge in [-0.1, -0.05) is 15.9 Å². The summed E-state index contributed by atoms with van der Waals surface area (Å²) in [4.78, 5) is 36.4. The van der Waals surface area contributed by atoms with Crippen LogP contribution < -0.4 is 11.2 Å². The molecule has 2 rings (SSSR count). The van der Waals surface area contributed by atoms with Gasteiger partial charge in [0.05, 0.1) is 10.9 Å². The highest BCUT2D eigenvalue weighted by atomic mass is 79.9. The molecule has 0 saturated carbocycles. The van der Waals surface area contributed by atoms with Crippen LogP contribution in [0.3, 0.4) is 0 Å². The zero-order chi connectivity index (χ0) is 12.6. The topological polar surface area (TPSA) is 92.2 Å². The normalized spacial score (nSPS) is 10.6. The second-order valence-electron chi connectivity index (χ2n) is 3.41. The lowest BCUT2D eigenvalue weighted by atomic mass is 10.2. The number of benzene rings is 1. The van der Waals surface area contributed by atoms with Gasteiger partial charge in [-0.15, -0.1) is 0 Å². The van der Waals surface area contributed by atoms with Crippen molar-refractivity contribution in [2.24, 2.45) is 0 Å². The van der Waals surface area contributed by atoms with Crippen molar-refractivity contribution >= 4 is 32.8 Å². The van der Waals surface area contributed by atoms with Gasteiger partial charge < -0.3 is 10.1 Å². The van der Waals surface area contributed by atoms with Crippen LogP contribution in [0.2, 0.25) is 0 Å². The highest BCUT2D eigenvalue weighted by Crippen LogP contribution is 2.13. The van der Waals surface area contributed by atoms with Crippen molar-refractivity contribution in [3.63, 3.8) is 0 Å². The number of hydrogen-bond acceptors (Lipinski definition) is 3. The first-order chi connectivity index (χ1) is 7.99. The molecule has 0 bridgehead atoms. The maximum absolute atomic E-state index is 11.9. The van der Waals surface area contributed by atoms with Gasteiger partial charge in [-0.25, -0.2) is 9.36 Å². The second-order valence-corrected chi connectivity index (χ2v) is 4.32. The highest BCUT2D eigenvalue weighted by Gasteiger charge is 2.10. The Hall–Kier alpha value is -1.89. The van der Waals surface area contributed by atoms with E-state index in [0.29, 0.717) is 14.6 Å². The zero-order valence-electron chi connectivity index (χ0n) is 8.44. The van der Waals surface area contributed by atoms with Crippen LogP contribution >= 0.6 is 15.9 Å². The number of nitrogens with one attached hydrogen (secondary N) is 1. The summed E-state index contributed by atoms with van der Waals surface area (Å²) < 4.78 is 1.33. The zero-order valence-corrected chi connectivity index (χ0v) is 10.0. The summed E-state index contributed by atoms with van der Waals surface area (Å²) in [6, 6.07) is 4.79. The third-order valence-electron chi connectivity index (χ3n) is 2.24. The molecule has 0 unspecified atom stereocenters. The number of aromatic nitrogens is 2. The fraction of sp³-hybridized carbons (Fsp3) is 0.100. The molecule has 0 atom stereocenters. The Morgan fingerprint density at radius 1 is 1.41 bits per heavy atom. The van der Waals surface area contributed by atoms with Gasteiger partial charge in [0.1, 0.15) is 6.54 Å². The molecule has 17 heavy (non-hydrogen) atoms. The van der Waals surface area contributed by atoms with E-state index >= 15 is 0 Å². The van der Waals surface area contributed by atoms with Crippen LogP contribution in [-0.4, -0.2) is 20.6 Å². The van der Waals surface area contributed by atoms with Crippen LogP contribution in [0.4, 0.5) is 0 Å². The molecule has 0 saturated heterocycles. The van der Waals surface area contributed by atoms with Crippen molar-refractivity contribution in [2.75, 3.05) is 0 Å². The Labute approximate surface area is 103 Å². The fourth-order valence-electron chi connectivity index (χ4n) is 1.50. The first-order valence-electron chi connectivity index (χ1n) is 4.63. The molecule has 0 spiro atoms. The molecule has 0 aliphatic heterocycles. The van der Waals surface area contributed by atoms with E-state index in [4.69, 9.17) is 5.11 Å². The second kappa shape index (κ2) is 4.17. The third-order valence-corrected chi connectivity index (χ3v) is 2.73. The number of carboxylic acid groups (broad SMARTS) is 1. The summed E-state index contributed by atoms with van der Waals surface area (Å²) in [5.41, 5.74) is -0.968. The van der Waals surface area contributed by atoms with Crippen molar-refractivity contribution in [2.45, 2.75) is 6.54 Å². The lowest BCUT2D eigenvalue weighted by molar-refractivity contribution is -0.137. The molecule has 1 aromatic carbocycles. The number of fused-ring (bicyclic) bond motifs is 1. The van der Waals surface area contributed by atoms with Gasteiger partial charge in [-0.3, -0.25) is 9.59 Å². The maximum Gasteiger partial charge on any atom is 0.329 e. The van der Waals surface area contributed by atoms with E-state index in [1.165, 1.54) is 6.07 Å². The van der Waals surface area contributed by atoms with Gasteiger partial charge in [0.25, 0.3) is 5.56 Å². The van der Waals surface area contributed by atoms with Gasteiger partial charge in [0.2, 0.25) is 0 Å². The molecule has 88 valence electrons. The van der Waals surface area contributed by atoms with E-state index in [1.54, 1.807) is 12.1 Å². The molecule has 0 amide bonds. The van der Waals surface area contributed by atoms with Crippen LogP contribution in [0, 0.1) is 0 Å². The minimum absolute atomic E-state index is 0.264. The Balaban J connectivity index is 2.83. The van der Waals surface area contributed by atoms with E-state index in [-0.39, 0.29) is 5.39 Å². The summed E-state index contributed by atoms with van der Waals surface area (Å²) in [6.45, 7) is -0.656. The lowest BCUT2D eigenvalue weighted by Crippen LogP contribution is -2.37. The quantitative estimate of drug-likeness (QED) is 0.846. The smallest absolute Gasteiger partial charge is 0.329 e. The van der Waals surface area contributed by atoms with Crippen molar-refractivity contribution in [1.82, 2.24) is 9.55 Å². The molecular weight excluding hydrogens is 292 g/mol. The highest BCUT2D eigenvalue weighted by molar-refractivity contribution is 9.10. The van der Waals surface area contributed by atoms with Crippen LogP contribution in [0.15, 0.2) is 32.3 Å². The van der Waals surface area contributed by atoms with E-state index in [2.05, 4.69) is 20.9 Å². The molecule has 7 heteroatoms. The number of carbonyl (C=O) groups is 1. The Kier molecular flexibility index (Phi) is 2.84. The summed E-state index contributed by atoms with van der Waals surface area (Å²) in [5, 5.41) is 8.88. The monoisotopic (exact) mass is 298 g/mol. The molecule has 1 aromatic heterocycles. The van der Waals surface area contributed by atoms with E-state index in [9.17, 15) is 14.4 Å².